The first-order chi connectivity index (χ1) is 17.5. The number of benzene rings is 2. The van der Waals surface area contributed by atoms with Gasteiger partial charge in [-0.15, -0.1) is 11.3 Å². The van der Waals surface area contributed by atoms with Crippen molar-refractivity contribution < 1.29 is 18.7 Å². The maximum atomic E-state index is 14.8. The second-order valence-electron chi connectivity index (χ2n) is 8.06. The smallest absolute Gasteiger partial charge is 0.291 e. The van der Waals surface area contributed by atoms with Gasteiger partial charge in [0.1, 0.15) is 5.52 Å². The van der Waals surface area contributed by atoms with Crippen molar-refractivity contribution in [2.24, 2.45) is 0 Å². The summed E-state index contributed by atoms with van der Waals surface area (Å²) in [5.41, 5.74) is 1.65. The van der Waals surface area contributed by atoms with Gasteiger partial charge in [-0.05, 0) is 36.3 Å². The zero-order valence-electron chi connectivity index (χ0n) is 18.9. The highest BCUT2D eigenvalue weighted by molar-refractivity contribution is 7.80. The lowest BCUT2D eigenvalue weighted by atomic mass is 10.1. The highest BCUT2D eigenvalue weighted by atomic mass is 32.1. The molecule has 4 aromatic rings. The summed E-state index contributed by atoms with van der Waals surface area (Å²) in [5.74, 6) is -0.741. The van der Waals surface area contributed by atoms with Crippen molar-refractivity contribution in [1.82, 2.24) is 20.2 Å². The van der Waals surface area contributed by atoms with Crippen LogP contribution < -0.4 is 15.4 Å². The van der Waals surface area contributed by atoms with E-state index in [0.717, 1.165) is 16.7 Å². The first-order valence-electron chi connectivity index (χ1n) is 11.1. The molecule has 5 rings (SSSR count). The molecule has 36 heavy (non-hydrogen) atoms. The van der Waals surface area contributed by atoms with Crippen LogP contribution in [0.2, 0.25) is 0 Å². The average molecular weight is 522 g/mol. The van der Waals surface area contributed by atoms with E-state index in [4.69, 9.17) is 17.0 Å². The molecule has 0 spiro atoms. The molecule has 182 valence electrons. The molecule has 2 aromatic heterocycles. The molecule has 2 amide bonds. The van der Waals surface area contributed by atoms with Crippen molar-refractivity contribution >= 4 is 56.4 Å². The minimum absolute atomic E-state index is 0.0199. The van der Waals surface area contributed by atoms with Gasteiger partial charge < -0.3 is 20.3 Å². The third-order valence-electron chi connectivity index (χ3n) is 5.49. The molecule has 1 fully saturated rings. The van der Waals surface area contributed by atoms with E-state index in [9.17, 15) is 14.0 Å². The Balaban J connectivity index is 1.24. The van der Waals surface area contributed by atoms with Gasteiger partial charge in [0.2, 0.25) is 11.7 Å². The van der Waals surface area contributed by atoms with Crippen LogP contribution in [-0.2, 0) is 11.2 Å². The summed E-state index contributed by atoms with van der Waals surface area (Å²) in [4.78, 5) is 34.8. The van der Waals surface area contributed by atoms with Crippen molar-refractivity contribution in [3.05, 3.63) is 77.3 Å². The topological polar surface area (TPSA) is 96.4 Å². The van der Waals surface area contributed by atoms with E-state index in [-0.39, 0.29) is 34.9 Å². The van der Waals surface area contributed by atoms with Crippen LogP contribution in [0.3, 0.4) is 0 Å². The van der Waals surface area contributed by atoms with E-state index in [1.807, 2.05) is 30.3 Å². The largest absolute Gasteiger partial charge is 0.451 e. The SMILES string of the molecule is O=C(Cc1ccccc1)NC(=S)Nc1ccc(Oc2csc3cnc(C(=O)N4CCC4)nc23)c(F)c1. The van der Waals surface area contributed by atoms with E-state index in [1.54, 1.807) is 22.5 Å². The third-order valence-corrected chi connectivity index (χ3v) is 6.57. The highest BCUT2D eigenvalue weighted by Crippen LogP contribution is 2.35. The molecule has 0 radical (unpaired) electrons. The minimum Gasteiger partial charge on any atom is -0.451 e. The van der Waals surface area contributed by atoms with Gasteiger partial charge in [-0.25, -0.2) is 14.4 Å². The summed E-state index contributed by atoms with van der Waals surface area (Å²) in [6.45, 7) is 1.39. The number of aromatic nitrogens is 2. The van der Waals surface area contributed by atoms with Crippen molar-refractivity contribution in [1.29, 1.82) is 0 Å². The fraction of sp³-hybridized carbons (Fsp3) is 0.160. The molecule has 0 aliphatic carbocycles. The van der Waals surface area contributed by atoms with E-state index < -0.39 is 5.82 Å². The molecule has 0 unspecified atom stereocenters. The number of rotatable bonds is 6. The number of carbonyl (C=O) groups is 2. The number of nitrogens with one attached hydrogen (secondary N) is 2. The van der Waals surface area contributed by atoms with Crippen LogP contribution in [0.15, 0.2) is 60.1 Å². The Morgan fingerprint density at radius 1 is 1.14 bits per heavy atom. The Bertz CT molecular complexity index is 1460. The summed E-state index contributed by atoms with van der Waals surface area (Å²) in [5, 5.41) is 7.14. The van der Waals surface area contributed by atoms with Crippen molar-refractivity contribution in [3.8, 4) is 11.5 Å². The van der Waals surface area contributed by atoms with Gasteiger partial charge in [0.25, 0.3) is 5.91 Å². The number of ether oxygens (including phenoxy) is 1. The summed E-state index contributed by atoms with van der Waals surface area (Å²) in [6.07, 6.45) is 2.71. The monoisotopic (exact) mass is 521 g/mol. The molecule has 2 aromatic carbocycles. The molecule has 8 nitrogen and oxygen atoms in total. The number of hydrogen-bond acceptors (Lipinski definition) is 7. The maximum absolute atomic E-state index is 14.8. The van der Waals surface area contributed by atoms with Crippen molar-refractivity contribution in [2.45, 2.75) is 12.8 Å². The molecule has 3 heterocycles. The zero-order chi connectivity index (χ0) is 25.1. The van der Waals surface area contributed by atoms with Gasteiger partial charge in [-0.3, -0.25) is 9.59 Å². The Kier molecular flexibility index (Phi) is 6.83. The zero-order valence-corrected chi connectivity index (χ0v) is 20.5. The van der Waals surface area contributed by atoms with Crippen LogP contribution >= 0.6 is 23.6 Å². The number of hydrogen-bond donors (Lipinski definition) is 2. The number of carbonyl (C=O) groups excluding carboxylic acids is 2. The minimum atomic E-state index is -0.635. The lowest BCUT2D eigenvalue weighted by Gasteiger charge is -2.29. The molecule has 1 aliphatic rings. The molecule has 0 atom stereocenters. The average Bonchev–Trinajstić information content (AvgIpc) is 3.22. The maximum Gasteiger partial charge on any atom is 0.291 e. The van der Waals surface area contributed by atoms with E-state index in [1.165, 1.54) is 23.5 Å². The quantitative estimate of drug-likeness (QED) is 0.360. The Morgan fingerprint density at radius 3 is 2.67 bits per heavy atom. The Labute approximate surface area is 215 Å². The number of amides is 2. The van der Waals surface area contributed by atoms with Crippen LogP contribution in [0.25, 0.3) is 10.2 Å². The number of likely N-dealkylation sites (tertiary alicyclic amines) is 1. The second-order valence-corrected chi connectivity index (χ2v) is 9.38. The number of fused-ring (bicyclic) bond motifs is 1. The van der Waals surface area contributed by atoms with Gasteiger partial charge in [-0.2, -0.15) is 0 Å². The fourth-order valence-electron chi connectivity index (χ4n) is 3.54. The van der Waals surface area contributed by atoms with E-state index >= 15 is 0 Å². The number of thiocarbonyl (C=S) groups is 1. The fourth-order valence-corrected chi connectivity index (χ4v) is 4.53. The molecule has 2 N–H and O–H groups in total. The molecule has 1 saturated heterocycles. The van der Waals surface area contributed by atoms with Gasteiger partial charge in [-0.1, -0.05) is 30.3 Å². The highest BCUT2D eigenvalue weighted by Gasteiger charge is 2.24. The molecular formula is C25H20FN5O3S2. The van der Waals surface area contributed by atoms with E-state index in [0.29, 0.717) is 30.0 Å². The van der Waals surface area contributed by atoms with Crippen LogP contribution in [0.5, 0.6) is 11.5 Å². The first kappa shape index (κ1) is 23.8. The third kappa shape index (κ3) is 5.31. The predicted octanol–water partition coefficient (Wildman–Crippen LogP) is 4.52. The van der Waals surface area contributed by atoms with Crippen LogP contribution in [0, 0.1) is 5.82 Å². The Morgan fingerprint density at radius 2 is 1.94 bits per heavy atom. The summed E-state index contributed by atoms with van der Waals surface area (Å²) < 4.78 is 21.3. The summed E-state index contributed by atoms with van der Waals surface area (Å²) in [7, 11) is 0. The molecular weight excluding hydrogens is 501 g/mol. The second kappa shape index (κ2) is 10.3. The number of halogens is 1. The van der Waals surface area contributed by atoms with Gasteiger partial charge in [0.05, 0.1) is 11.1 Å². The molecule has 11 heteroatoms. The normalized spacial score (nSPS) is 12.6. The lowest BCUT2D eigenvalue weighted by molar-refractivity contribution is -0.119. The summed E-state index contributed by atoms with van der Waals surface area (Å²) >= 11 is 6.51. The Hall–Kier alpha value is -3.96. The first-order valence-corrected chi connectivity index (χ1v) is 12.4. The van der Waals surface area contributed by atoms with Crippen LogP contribution in [0.1, 0.15) is 22.6 Å². The van der Waals surface area contributed by atoms with Gasteiger partial charge in [0.15, 0.2) is 22.4 Å². The molecule has 0 saturated carbocycles. The van der Waals surface area contributed by atoms with Crippen LogP contribution in [0.4, 0.5) is 10.1 Å². The number of nitrogens with zero attached hydrogens (tertiary/aromatic N) is 3. The standard InChI is InChI=1S/C25H20FN5O3S2/c26-17-12-16(28-25(35)29-21(32)11-15-5-2-1-3-6-15)7-8-18(17)34-19-14-36-20-13-27-23(30-22(19)20)24(33)31-9-4-10-31/h1-3,5-8,12-14H,4,9-11H2,(H2,28,29,32,35). The van der Waals surface area contributed by atoms with Crippen LogP contribution in [-0.4, -0.2) is 44.9 Å². The molecule has 1 aliphatic heterocycles. The number of thiophene rings is 1. The summed E-state index contributed by atoms with van der Waals surface area (Å²) in [6, 6.07) is 13.5. The predicted molar refractivity (Wildman–Crippen MR) is 139 cm³/mol. The van der Waals surface area contributed by atoms with Crippen molar-refractivity contribution in [3.63, 3.8) is 0 Å². The molecule has 0 bridgehead atoms. The van der Waals surface area contributed by atoms with Crippen molar-refractivity contribution in [2.75, 3.05) is 18.4 Å². The van der Waals surface area contributed by atoms with Gasteiger partial charge >= 0.3 is 0 Å². The van der Waals surface area contributed by atoms with Gasteiger partial charge in [0, 0.05) is 36.4 Å². The lowest BCUT2D eigenvalue weighted by Crippen LogP contribution is -2.42. The number of anilines is 1. The van der Waals surface area contributed by atoms with E-state index in [2.05, 4.69) is 20.6 Å².